The van der Waals surface area contributed by atoms with Gasteiger partial charge in [0.15, 0.2) is 0 Å². The highest BCUT2D eigenvalue weighted by atomic mass is 19.4. The van der Waals surface area contributed by atoms with Crippen molar-refractivity contribution >= 4 is 5.91 Å². The van der Waals surface area contributed by atoms with Gasteiger partial charge in [-0.15, -0.1) is 0 Å². The SMILES string of the molecule is O=C(CCc1ccccc1)NC(Cc1ccc(C(F)(F)F)cc1)C(O)c1ccc(F)cc1. The minimum absolute atomic E-state index is 0.105. The number of carbonyl (C=O) groups excluding carboxylic acids is 1. The van der Waals surface area contributed by atoms with Gasteiger partial charge in [-0.1, -0.05) is 54.6 Å². The molecule has 3 aromatic carbocycles. The van der Waals surface area contributed by atoms with Crippen molar-refractivity contribution < 1.29 is 27.5 Å². The van der Waals surface area contributed by atoms with Crippen LogP contribution in [0, 0.1) is 5.82 Å². The molecular formula is C25H23F4NO2. The molecule has 0 fully saturated rings. The summed E-state index contributed by atoms with van der Waals surface area (Å²) in [5, 5.41) is 13.6. The van der Waals surface area contributed by atoms with Crippen LogP contribution in [-0.2, 0) is 23.8 Å². The third kappa shape index (κ3) is 6.65. The Kier molecular flexibility index (Phi) is 7.64. The zero-order chi connectivity index (χ0) is 23.1. The van der Waals surface area contributed by atoms with Gasteiger partial charge in [-0.25, -0.2) is 4.39 Å². The van der Waals surface area contributed by atoms with Crippen LogP contribution in [0.1, 0.15) is 34.8 Å². The minimum Gasteiger partial charge on any atom is -0.386 e. The predicted molar refractivity (Wildman–Crippen MR) is 113 cm³/mol. The van der Waals surface area contributed by atoms with Gasteiger partial charge in [-0.2, -0.15) is 13.2 Å². The van der Waals surface area contributed by atoms with Crippen LogP contribution < -0.4 is 5.32 Å². The summed E-state index contributed by atoms with van der Waals surface area (Å²) in [5.74, 6) is -0.765. The van der Waals surface area contributed by atoms with Crippen molar-refractivity contribution in [3.63, 3.8) is 0 Å². The second kappa shape index (κ2) is 10.4. The minimum atomic E-state index is -4.45. The second-order valence-corrected chi connectivity index (χ2v) is 7.55. The summed E-state index contributed by atoms with van der Waals surface area (Å²) < 4.78 is 51.8. The molecule has 1 amide bonds. The molecule has 0 saturated heterocycles. The maximum atomic E-state index is 13.3. The number of benzene rings is 3. The lowest BCUT2D eigenvalue weighted by molar-refractivity contribution is -0.137. The molecule has 168 valence electrons. The quantitative estimate of drug-likeness (QED) is 0.466. The smallest absolute Gasteiger partial charge is 0.386 e. The number of hydrogen-bond acceptors (Lipinski definition) is 2. The van der Waals surface area contributed by atoms with Crippen LogP contribution >= 0.6 is 0 Å². The van der Waals surface area contributed by atoms with E-state index in [2.05, 4.69) is 5.32 Å². The fourth-order valence-electron chi connectivity index (χ4n) is 3.40. The summed E-state index contributed by atoms with van der Waals surface area (Å²) in [6, 6.07) is 18.4. The van der Waals surface area contributed by atoms with Gasteiger partial charge in [0.05, 0.1) is 17.7 Å². The van der Waals surface area contributed by atoms with E-state index in [0.717, 1.165) is 17.7 Å². The summed E-state index contributed by atoms with van der Waals surface area (Å²) in [4.78, 5) is 12.6. The molecule has 0 saturated carbocycles. The Hall–Kier alpha value is -3.19. The number of hydrogen-bond donors (Lipinski definition) is 2. The molecule has 0 radical (unpaired) electrons. The Labute approximate surface area is 183 Å². The number of alkyl halides is 3. The number of halogens is 4. The lowest BCUT2D eigenvalue weighted by Gasteiger charge is -2.25. The third-order valence-electron chi connectivity index (χ3n) is 5.16. The highest BCUT2D eigenvalue weighted by Crippen LogP contribution is 2.29. The molecule has 0 bridgehead atoms. The fraction of sp³-hybridized carbons (Fsp3) is 0.240. The molecule has 2 unspecified atom stereocenters. The average molecular weight is 445 g/mol. The van der Waals surface area contributed by atoms with Gasteiger partial charge in [0.1, 0.15) is 5.82 Å². The largest absolute Gasteiger partial charge is 0.416 e. The number of aliphatic hydroxyl groups excluding tert-OH is 1. The lowest BCUT2D eigenvalue weighted by Crippen LogP contribution is -2.41. The molecule has 0 aliphatic carbocycles. The monoisotopic (exact) mass is 445 g/mol. The molecule has 0 heterocycles. The van der Waals surface area contributed by atoms with Crippen molar-refractivity contribution in [1.29, 1.82) is 0 Å². The number of amides is 1. The first-order valence-corrected chi connectivity index (χ1v) is 10.2. The van der Waals surface area contributed by atoms with Gasteiger partial charge in [-0.3, -0.25) is 4.79 Å². The van der Waals surface area contributed by atoms with Gasteiger partial charge in [-0.05, 0) is 53.8 Å². The number of aliphatic hydroxyl groups is 1. The third-order valence-corrected chi connectivity index (χ3v) is 5.16. The van der Waals surface area contributed by atoms with Gasteiger partial charge in [0.25, 0.3) is 0 Å². The van der Waals surface area contributed by atoms with E-state index < -0.39 is 29.7 Å². The zero-order valence-corrected chi connectivity index (χ0v) is 17.1. The topological polar surface area (TPSA) is 49.3 Å². The van der Waals surface area contributed by atoms with Gasteiger partial charge in [0, 0.05) is 6.42 Å². The molecule has 3 rings (SSSR count). The van der Waals surface area contributed by atoms with Crippen LogP contribution in [0.5, 0.6) is 0 Å². The molecule has 0 aliphatic rings. The summed E-state index contributed by atoms with van der Waals surface area (Å²) in [6.07, 6.45) is -4.82. The van der Waals surface area contributed by atoms with Crippen molar-refractivity contribution in [3.05, 3.63) is 107 Å². The number of rotatable bonds is 8. The first-order chi connectivity index (χ1) is 15.2. The van der Waals surface area contributed by atoms with Gasteiger partial charge in [0.2, 0.25) is 5.91 Å². The molecule has 3 nitrogen and oxygen atoms in total. The number of carbonyl (C=O) groups is 1. The van der Waals surface area contributed by atoms with Crippen molar-refractivity contribution in [1.82, 2.24) is 5.32 Å². The van der Waals surface area contributed by atoms with E-state index in [9.17, 15) is 27.5 Å². The second-order valence-electron chi connectivity index (χ2n) is 7.55. The Bertz CT molecular complexity index is 1000. The first kappa shape index (κ1) is 23.5. The predicted octanol–water partition coefficient (Wildman–Crippen LogP) is 5.24. The molecule has 0 spiro atoms. The summed E-state index contributed by atoms with van der Waals surface area (Å²) in [5.41, 5.74) is 1.13. The number of aryl methyl sites for hydroxylation is 1. The van der Waals surface area contributed by atoms with Crippen LogP contribution in [-0.4, -0.2) is 17.1 Å². The van der Waals surface area contributed by atoms with E-state index in [1.165, 1.54) is 36.4 Å². The van der Waals surface area contributed by atoms with Crippen molar-refractivity contribution in [2.75, 3.05) is 0 Å². The van der Waals surface area contributed by atoms with E-state index in [1.807, 2.05) is 30.3 Å². The summed E-state index contributed by atoms with van der Waals surface area (Å²) in [7, 11) is 0. The highest BCUT2D eigenvalue weighted by Gasteiger charge is 2.30. The summed E-state index contributed by atoms with van der Waals surface area (Å²) >= 11 is 0. The normalized spacial score (nSPS) is 13.4. The van der Waals surface area contributed by atoms with E-state index in [0.29, 0.717) is 17.5 Å². The van der Waals surface area contributed by atoms with E-state index in [-0.39, 0.29) is 18.7 Å². The standard InChI is InChI=1S/C25H23F4NO2/c26-21-13-9-19(10-14-21)24(32)22(16-18-6-11-20(12-7-18)25(27,28)29)30-23(31)15-8-17-4-2-1-3-5-17/h1-7,9-14,22,24,32H,8,15-16H2,(H,30,31). The van der Waals surface area contributed by atoms with Gasteiger partial charge >= 0.3 is 6.18 Å². The Balaban J connectivity index is 1.74. The highest BCUT2D eigenvalue weighted by molar-refractivity contribution is 5.76. The maximum Gasteiger partial charge on any atom is 0.416 e. The number of nitrogens with one attached hydrogen (secondary N) is 1. The van der Waals surface area contributed by atoms with Crippen LogP contribution in [0.3, 0.4) is 0 Å². The van der Waals surface area contributed by atoms with Crippen molar-refractivity contribution in [2.45, 2.75) is 37.6 Å². The first-order valence-electron chi connectivity index (χ1n) is 10.2. The molecular weight excluding hydrogens is 422 g/mol. The van der Waals surface area contributed by atoms with Gasteiger partial charge < -0.3 is 10.4 Å². The molecule has 2 N–H and O–H groups in total. The molecule has 3 aromatic rings. The van der Waals surface area contributed by atoms with Crippen molar-refractivity contribution in [3.8, 4) is 0 Å². The van der Waals surface area contributed by atoms with Crippen LogP contribution in [0.15, 0.2) is 78.9 Å². The molecule has 0 aromatic heterocycles. The fourth-order valence-corrected chi connectivity index (χ4v) is 3.40. The van der Waals surface area contributed by atoms with Crippen LogP contribution in [0.4, 0.5) is 17.6 Å². The van der Waals surface area contributed by atoms with Crippen LogP contribution in [0.25, 0.3) is 0 Å². The average Bonchev–Trinajstić information content (AvgIpc) is 2.78. The van der Waals surface area contributed by atoms with E-state index in [1.54, 1.807) is 0 Å². The zero-order valence-electron chi connectivity index (χ0n) is 17.1. The lowest BCUT2D eigenvalue weighted by atomic mass is 9.95. The summed E-state index contributed by atoms with van der Waals surface area (Å²) in [6.45, 7) is 0. The molecule has 2 atom stereocenters. The molecule has 7 heteroatoms. The van der Waals surface area contributed by atoms with Crippen LogP contribution in [0.2, 0.25) is 0 Å². The van der Waals surface area contributed by atoms with Crippen molar-refractivity contribution in [2.24, 2.45) is 0 Å². The maximum absolute atomic E-state index is 13.3. The molecule has 32 heavy (non-hydrogen) atoms. The molecule has 0 aliphatic heterocycles. The Morgan fingerprint density at radius 3 is 2.09 bits per heavy atom. The van der Waals surface area contributed by atoms with E-state index >= 15 is 0 Å². The van der Waals surface area contributed by atoms with E-state index in [4.69, 9.17) is 0 Å². The Morgan fingerprint density at radius 1 is 0.875 bits per heavy atom. The Morgan fingerprint density at radius 2 is 1.50 bits per heavy atom.